The highest BCUT2D eigenvalue weighted by Crippen LogP contribution is 1.92. The van der Waals surface area contributed by atoms with Gasteiger partial charge in [-0.05, 0) is 0 Å². The predicted molar refractivity (Wildman–Crippen MR) is 29.7 cm³/mol. The summed E-state index contributed by atoms with van der Waals surface area (Å²) in [6, 6.07) is 0. The molecule has 0 rings (SSSR count). The van der Waals surface area contributed by atoms with Gasteiger partial charge < -0.3 is 0 Å². The minimum absolute atomic E-state index is 0.0586. The second kappa shape index (κ2) is 2.63. The number of hydrogen-bond acceptors (Lipinski definition) is 3. The van der Waals surface area contributed by atoms with Gasteiger partial charge in [0, 0.05) is 12.3 Å². The van der Waals surface area contributed by atoms with Crippen molar-refractivity contribution in [2.45, 2.75) is 6.92 Å². The molecule has 40 valence electrons. The molecule has 4 heteroatoms. The Morgan fingerprint density at radius 2 is 2.43 bits per heavy atom. The molecule has 0 spiro atoms. The second-order valence-electron chi connectivity index (χ2n) is 1.03. The maximum atomic E-state index is 9.62. The molecule has 0 saturated carbocycles. The third-order valence-electron chi connectivity index (χ3n) is 0.475. The summed E-state index contributed by atoms with van der Waals surface area (Å²) in [7, 11) is 0. The lowest BCUT2D eigenvalue weighted by molar-refractivity contribution is -0.424. The summed E-state index contributed by atoms with van der Waals surface area (Å²) in [5.74, 6) is 0. The first-order valence-corrected chi connectivity index (χ1v) is 2.15. The van der Waals surface area contributed by atoms with Crippen molar-refractivity contribution in [1.29, 1.82) is 0 Å². The second-order valence-corrected chi connectivity index (χ2v) is 1.29. The van der Waals surface area contributed by atoms with E-state index < -0.39 is 4.92 Å². The molecule has 0 heterocycles. The number of nitro groups is 1. The zero-order valence-corrected chi connectivity index (χ0v) is 4.68. The monoisotopic (exact) mass is 119 g/mol. The number of rotatable bonds is 1. The van der Waals surface area contributed by atoms with Crippen LogP contribution in [0.4, 0.5) is 0 Å². The minimum Gasteiger partial charge on any atom is -0.259 e. The zero-order valence-electron chi connectivity index (χ0n) is 3.79. The first kappa shape index (κ1) is 6.49. The van der Waals surface area contributed by atoms with Crippen LogP contribution in [-0.4, -0.2) is 4.92 Å². The molecule has 0 aromatic rings. The van der Waals surface area contributed by atoms with Crippen molar-refractivity contribution in [3.8, 4) is 0 Å². The van der Waals surface area contributed by atoms with E-state index in [1.807, 2.05) is 0 Å². The van der Waals surface area contributed by atoms with Crippen LogP contribution in [0.2, 0.25) is 0 Å². The number of allylic oxidation sites excluding steroid dienone is 1. The molecule has 0 unspecified atom stereocenters. The quantitative estimate of drug-likeness (QED) is 0.318. The first-order valence-electron chi connectivity index (χ1n) is 1.64. The van der Waals surface area contributed by atoms with Gasteiger partial charge in [0.15, 0.2) is 0 Å². The largest absolute Gasteiger partial charge is 0.259 e. The van der Waals surface area contributed by atoms with Gasteiger partial charge in [-0.25, -0.2) is 0 Å². The van der Waals surface area contributed by atoms with Gasteiger partial charge in [-0.15, -0.1) is 12.6 Å². The molecule has 0 N–H and O–H groups in total. The first-order chi connectivity index (χ1) is 3.18. The average molecular weight is 119 g/mol. The van der Waals surface area contributed by atoms with Crippen LogP contribution >= 0.6 is 12.6 Å². The summed E-state index contributed by atoms with van der Waals surface area (Å²) in [5.41, 5.74) is 0.0586. The van der Waals surface area contributed by atoms with E-state index in [0.717, 1.165) is 5.41 Å². The standard InChI is InChI=1S/C3H5NO2S/c1-3(2-7)4(5)6/h2,7H,1H3. The maximum Gasteiger partial charge on any atom is 0.249 e. The molecule has 0 atom stereocenters. The fourth-order valence-electron chi connectivity index (χ4n) is 0.0471. The summed E-state index contributed by atoms with van der Waals surface area (Å²) in [6.07, 6.45) is 0. The molecule has 0 bridgehead atoms. The van der Waals surface area contributed by atoms with Crippen LogP contribution in [-0.2, 0) is 0 Å². The Balaban J connectivity index is 3.82. The van der Waals surface area contributed by atoms with Gasteiger partial charge in [0.25, 0.3) is 0 Å². The van der Waals surface area contributed by atoms with Crippen LogP contribution in [0.3, 0.4) is 0 Å². The van der Waals surface area contributed by atoms with E-state index in [9.17, 15) is 10.1 Å². The van der Waals surface area contributed by atoms with Gasteiger partial charge >= 0.3 is 0 Å². The van der Waals surface area contributed by atoms with Gasteiger partial charge in [-0.2, -0.15) is 0 Å². The Morgan fingerprint density at radius 3 is 2.43 bits per heavy atom. The SMILES string of the molecule is CC(=CS)[N+](=O)[O-]. The van der Waals surface area contributed by atoms with E-state index in [0.29, 0.717) is 0 Å². The molecule has 0 aliphatic carbocycles. The zero-order chi connectivity index (χ0) is 5.86. The van der Waals surface area contributed by atoms with Crippen molar-refractivity contribution in [2.24, 2.45) is 0 Å². The molecule has 0 fully saturated rings. The minimum atomic E-state index is -0.493. The summed E-state index contributed by atoms with van der Waals surface area (Å²) < 4.78 is 0. The van der Waals surface area contributed by atoms with Crippen molar-refractivity contribution in [2.75, 3.05) is 0 Å². The van der Waals surface area contributed by atoms with E-state index in [-0.39, 0.29) is 5.70 Å². The number of nitrogens with zero attached hydrogens (tertiary/aromatic N) is 1. The molecule has 0 amide bonds. The fraction of sp³-hybridized carbons (Fsp3) is 0.333. The third kappa shape index (κ3) is 2.22. The Bertz CT molecular complexity index is 110. The highest BCUT2D eigenvalue weighted by Gasteiger charge is 1.95. The topological polar surface area (TPSA) is 43.1 Å². The van der Waals surface area contributed by atoms with Gasteiger partial charge in [0.05, 0.1) is 4.92 Å². The Hall–Kier alpha value is -0.510. The fourth-order valence-corrected chi connectivity index (χ4v) is 0.141. The Labute approximate surface area is 46.6 Å². The molecule has 0 aliphatic rings. The third-order valence-corrected chi connectivity index (χ3v) is 0.848. The average Bonchev–Trinajstić information content (AvgIpc) is 1.65. The van der Waals surface area contributed by atoms with E-state index in [1.54, 1.807) is 0 Å². The lowest BCUT2D eigenvalue weighted by Gasteiger charge is -1.81. The maximum absolute atomic E-state index is 9.62. The molecule has 0 radical (unpaired) electrons. The van der Waals surface area contributed by atoms with Crippen LogP contribution in [0.25, 0.3) is 0 Å². The van der Waals surface area contributed by atoms with Crippen LogP contribution in [0.15, 0.2) is 11.1 Å². The predicted octanol–water partition coefficient (Wildman–Crippen LogP) is 1.05. The summed E-state index contributed by atoms with van der Waals surface area (Å²) >= 11 is 3.55. The van der Waals surface area contributed by atoms with E-state index in [1.165, 1.54) is 6.92 Å². The molecule has 0 aromatic carbocycles. The molecule has 0 aliphatic heterocycles. The summed E-state index contributed by atoms with van der Waals surface area (Å²) in [4.78, 5) is 9.13. The van der Waals surface area contributed by atoms with Crippen molar-refractivity contribution in [1.82, 2.24) is 0 Å². The van der Waals surface area contributed by atoms with Gasteiger partial charge in [0.1, 0.15) is 0 Å². The van der Waals surface area contributed by atoms with Crippen molar-refractivity contribution >= 4 is 12.6 Å². The molecular formula is C3H5NO2S. The molecule has 0 saturated heterocycles. The normalized spacial score (nSPS) is 11.4. The molecular weight excluding hydrogens is 114 g/mol. The van der Waals surface area contributed by atoms with Gasteiger partial charge in [-0.1, -0.05) is 0 Å². The van der Waals surface area contributed by atoms with Crippen LogP contribution in [0.5, 0.6) is 0 Å². The van der Waals surface area contributed by atoms with Crippen LogP contribution in [0.1, 0.15) is 6.92 Å². The van der Waals surface area contributed by atoms with E-state index >= 15 is 0 Å². The summed E-state index contributed by atoms with van der Waals surface area (Å²) in [6.45, 7) is 1.38. The van der Waals surface area contributed by atoms with Gasteiger partial charge in [-0.3, -0.25) is 10.1 Å². The Morgan fingerprint density at radius 1 is 2.00 bits per heavy atom. The highest BCUT2D eigenvalue weighted by atomic mass is 32.1. The van der Waals surface area contributed by atoms with E-state index in [4.69, 9.17) is 0 Å². The summed E-state index contributed by atoms with van der Waals surface area (Å²) in [5, 5.41) is 10.8. The van der Waals surface area contributed by atoms with Crippen molar-refractivity contribution < 1.29 is 4.92 Å². The lowest BCUT2D eigenvalue weighted by atomic mass is 10.6. The van der Waals surface area contributed by atoms with Gasteiger partial charge in [0.2, 0.25) is 5.70 Å². The van der Waals surface area contributed by atoms with Crippen molar-refractivity contribution in [3.05, 3.63) is 21.2 Å². The van der Waals surface area contributed by atoms with Crippen molar-refractivity contribution in [3.63, 3.8) is 0 Å². The Kier molecular flexibility index (Phi) is 2.44. The molecule has 7 heavy (non-hydrogen) atoms. The number of hydrogen-bond donors (Lipinski definition) is 1. The van der Waals surface area contributed by atoms with Crippen LogP contribution in [0, 0.1) is 10.1 Å². The van der Waals surface area contributed by atoms with E-state index in [2.05, 4.69) is 12.6 Å². The van der Waals surface area contributed by atoms with Crippen LogP contribution < -0.4 is 0 Å². The smallest absolute Gasteiger partial charge is 0.249 e. The number of thiol groups is 1. The highest BCUT2D eigenvalue weighted by molar-refractivity contribution is 7.83. The molecule has 0 aromatic heterocycles. The molecule has 3 nitrogen and oxygen atoms in total. The lowest BCUT2D eigenvalue weighted by Crippen LogP contribution is -1.90.